The fraction of sp³-hybridized carbons (Fsp3) is 0.125. The first kappa shape index (κ1) is 18.9. The minimum Gasteiger partial charge on any atom is -0.326 e. The van der Waals surface area contributed by atoms with Gasteiger partial charge in [0, 0.05) is 32.4 Å². The fourth-order valence-corrected chi connectivity index (χ4v) is 2.19. The molecule has 0 bridgehead atoms. The van der Waals surface area contributed by atoms with Crippen LogP contribution in [0.1, 0.15) is 13.8 Å². The largest absolute Gasteiger partial charge is 0.326 e. The third-order valence-corrected chi connectivity index (χ3v) is 3.77. The molecule has 0 aliphatic carbocycles. The van der Waals surface area contributed by atoms with Crippen LogP contribution in [0.25, 0.3) is 0 Å². The second kappa shape index (κ2) is 9.78. The molecule has 0 aliphatic heterocycles. The molecule has 0 heterocycles. The summed E-state index contributed by atoms with van der Waals surface area (Å²) in [4.78, 5) is 21.2. The predicted octanol–water partition coefficient (Wildman–Crippen LogP) is 4.50. The Balaban J connectivity index is 0.000000220. The normalized spacial score (nSPS) is 9.27. The SMILES string of the molecule is CC(=O)Nc1ccc(I)cc1.CC(=O)Nc1ccc(I)cc1. The van der Waals surface area contributed by atoms with Gasteiger partial charge in [-0.05, 0) is 93.7 Å². The van der Waals surface area contributed by atoms with Crippen molar-refractivity contribution in [2.45, 2.75) is 13.8 Å². The van der Waals surface area contributed by atoms with Crippen LogP contribution in [0.5, 0.6) is 0 Å². The fourth-order valence-electron chi connectivity index (χ4n) is 1.47. The molecular weight excluding hydrogens is 506 g/mol. The van der Waals surface area contributed by atoms with E-state index in [4.69, 9.17) is 0 Å². The summed E-state index contributed by atoms with van der Waals surface area (Å²) in [6.45, 7) is 3.00. The molecule has 2 aromatic rings. The van der Waals surface area contributed by atoms with Gasteiger partial charge in [-0.2, -0.15) is 0 Å². The van der Waals surface area contributed by atoms with Crippen molar-refractivity contribution in [3.63, 3.8) is 0 Å². The van der Waals surface area contributed by atoms with E-state index in [1.165, 1.54) is 13.8 Å². The van der Waals surface area contributed by atoms with Crippen LogP contribution < -0.4 is 10.6 Å². The number of carbonyl (C=O) groups excluding carboxylic acids is 2. The Labute approximate surface area is 157 Å². The summed E-state index contributed by atoms with van der Waals surface area (Å²) in [6, 6.07) is 15.3. The van der Waals surface area contributed by atoms with E-state index in [-0.39, 0.29) is 11.8 Å². The van der Waals surface area contributed by atoms with Crippen molar-refractivity contribution >= 4 is 68.4 Å². The summed E-state index contributed by atoms with van der Waals surface area (Å²) in [5, 5.41) is 5.38. The maximum absolute atomic E-state index is 10.6. The summed E-state index contributed by atoms with van der Waals surface area (Å²) in [7, 11) is 0. The number of hydrogen-bond acceptors (Lipinski definition) is 2. The van der Waals surface area contributed by atoms with Gasteiger partial charge in [-0.15, -0.1) is 0 Å². The summed E-state index contributed by atoms with van der Waals surface area (Å²) < 4.78 is 2.33. The van der Waals surface area contributed by atoms with Crippen LogP contribution in [-0.4, -0.2) is 11.8 Å². The van der Waals surface area contributed by atoms with Crippen LogP contribution >= 0.6 is 45.2 Å². The lowest BCUT2D eigenvalue weighted by Gasteiger charge is -1.99. The van der Waals surface area contributed by atoms with Crippen LogP contribution in [0.2, 0.25) is 0 Å². The van der Waals surface area contributed by atoms with Gasteiger partial charge in [0.25, 0.3) is 0 Å². The third-order valence-electron chi connectivity index (χ3n) is 2.33. The first-order chi connectivity index (χ1) is 10.4. The topological polar surface area (TPSA) is 58.2 Å². The van der Waals surface area contributed by atoms with E-state index in [1.807, 2.05) is 48.5 Å². The summed E-state index contributed by atoms with van der Waals surface area (Å²) in [5.41, 5.74) is 1.69. The summed E-state index contributed by atoms with van der Waals surface area (Å²) in [5.74, 6) is -0.0718. The highest BCUT2D eigenvalue weighted by Crippen LogP contribution is 2.11. The van der Waals surface area contributed by atoms with Gasteiger partial charge >= 0.3 is 0 Å². The van der Waals surface area contributed by atoms with Crippen LogP contribution in [0.15, 0.2) is 48.5 Å². The highest BCUT2D eigenvalue weighted by Gasteiger charge is 1.93. The number of amides is 2. The van der Waals surface area contributed by atoms with E-state index < -0.39 is 0 Å². The van der Waals surface area contributed by atoms with E-state index in [9.17, 15) is 9.59 Å². The average molecular weight is 522 g/mol. The van der Waals surface area contributed by atoms with Gasteiger partial charge < -0.3 is 10.6 Å². The molecule has 2 rings (SSSR count). The second-order valence-corrected chi connectivity index (χ2v) is 6.87. The minimum absolute atomic E-state index is 0.0359. The van der Waals surface area contributed by atoms with Crippen molar-refractivity contribution in [2.24, 2.45) is 0 Å². The Kier molecular flexibility index (Phi) is 8.39. The number of halogens is 2. The molecular formula is C16H16I2N2O2. The second-order valence-electron chi connectivity index (χ2n) is 4.38. The van der Waals surface area contributed by atoms with Crippen molar-refractivity contribution in [2.75, 3.05) is 10.6 Å². The summed E-state index contributed by atoms with van der Waals surface area (Å²) >= 11 is 4.43. The molecule has 2 aromatic carbocycles. The zero-order chi connectivity index (χ0) is 16.5. The first-order valence-electron chi connectivity index (χ1n) is 6.43. The van der Waals surface area contributed by atoms with Gasteiger partial charge in [-0.1, -0.05) is 0 Å². The van der Waals surface area contributed by atoms with Gasteiger partial charge in [-0.25, -0.2) is 0 Å². The number of hydrogen-bond donors (Lipinski definition) is 2. The van der Waals surface area contributed by atoms with E-state index in [0.29, 0.717) is 0 Å². The number of carbonyl (C=O) groups is 2. The number of benzene rings is 2. The maximum atomic E-state index is 10.6. The van der Waals surface area contributed by atoms with Crippen LogP contribution in [0.4, 0.5) is 11.4 Å². The van der Waals surface area contributed by atoms with Crippen molar-refractivity contribution in [3.8, 4) is 0 Å². The number of rotatable bonds is 2. The van der Waals surface area contributed by atoms with Crippen molar-refractivity contribution in [1.29, 1.82) is 0 Å². The van der Waals surface area contributed by atoms with Gasteiger partial charge in [0.1, 0.15) is 0 Å². The van der Waals surface area contributed by atoms with Crippen molar-refractivity contribution in [3.05, 3.63) is 55.7 Å². The summed E-state index contributed by atoms with van der Waals surface area (Å²) in [6.07, 6.45) is 0. The van der Waals surface area contributed by atoms with Crippen molar-refractivity contribution in [1.82, 2.24) is 0 Å². The van der Waals surface area contributed by atoms with Crippen LogP contribution in [0.3, 0.4) is 0 Å². The predicted molar refractivity (Wildman–Crippen MR) is 107 cm³/mol. The first-order valence-corrected chi connectivity index (χ1v) is 8.59. The molecule has 22 heavy (non-hydrogen) atoms. The van der Waals surface area contributed by atoms with Gasteiger partial charge in [0.05, 0.1) is 0 Å². The zero-order valence-electron chi connectivity index (χ0n) is 12.2. The van der Waals surface area contributed by atoms with Crippen LogP contribution in [-0.2, 0) is 9.59 Å². The van der Waals surface area contributed by atoms with Gasteiger partial charge in [-0.3, -0.25) is 9.59 Å². The maximum Gasteiger partial charge on any atom is 0.221 e. The van der Waals surface area contributed by atoms with Gasteiger partial charge in [0.15, 0.2) is 0 Å². The molecule has 4 nitrogen and oxygen atoms in total. The van der Waals surface area contributed by atoms with E-state index in [2.05, 4.69) is 55.8 Å². The smallest absolute Gasteiger partial charge is 0.221 e. The van der Waals surface area contributed by atoms with E-state index >= 15 is 0 Å². The minimum atomic E-state index is -0.0359. The molecule has 0 aromatic heterocycles. The third kappa shape index (κ3) is 8.32. The Morgan fingerprint density at radius 3 is 1.18 bits per heavy atom. The van der Waals surface area contributed by atoms with E-state index in [0.717, 1.165) is 18.5 Å². The lowest BCUT2D eigenvalue weighted by atomic mass is 10.3. The molecule has 0 atom stereocenters. The Hall–Kier alpha value is -1.16. The monoisotopic (exact) mass is 522 g/mol. The van der Waals surface area contributed by atoms with E-state index in [1.54, 1.807) is 0 Å². The zero-order valence-corrected chi connectivity index (χ0v) is 16.5. The molecule has 0 saturated heterocycles. The Morgan fingerprint density at radius 2 is 0.955 bits per heavy atom. The van der Waals surface area contributed by atoms with Gasteiger partial charge in [0.2, 0.25) is 11.8 Å². The highest BCUT2D eigenvalue weighted by molar-refractivity contribution is 14.1. The lowest BCUT2D eigenvalue weighted by Crippen LogP contribution is -2.05. The Bertz CT molecular complexity index is 568. The molecule has 116 valence electrons. The van der Waals surface area contributed by atoms with Crippen LogP contribution in [0, 0.1) is 7.14 Å². The molecule has 0 saturated carbocycles. The molecule has 0 radical (unpaired) electrons. The Morgan fingerprint density at radius 1 is 0.682 bits per heavy atom. The standard InChI is InChI=1S/2C8H8INO/c2*1-6(11)10-8-4-2-7(9)3-5-8/h2*2-5H,1H3,(H,10,11). The molecule has 0 unspecified atom stereocenters. The average Bonchev–Trinajstić information content (AvgIpc) is 2.44. The molecule has 0 aliphatic rings. The molecule has 0 spiro atoms. The quantitative estimate of drug-likeness (QED) is 0.572. The molecule has 2 N–H and O–H groups in total. The molecule has 0 fully saturated rings. The number of anilines is 2. The lowest BCUT2D eigenvalue weighted by molar-refractivity contribution is -0.115. The number of nitrogens with one attached hydrogen (secondary N) is 2. The highest BCUT2D eigenvalue weighted by atomic mass is 127. The van der Waals surface area contributed by atoms with Crippen molar-refractivity contribution < 1.29 is 9.59 Å². The molecule has 6 heteroatoms. The molecule has 2 amide bonds.